The van der Waals surface area contributed by atoms with E-state index in [1.54, 1.807) is 6.07 Å². The van der Waals surface area contributed by atoms with Crippen molar-refractivity contribution < 1.29 is 5.11 Å². The number of para-hydroxylation sites is 1. The Morgan fingerprint density at radius 2 is 1.82 bits per heavy atom. The molecule has 0 bridgehead atoms. The van der Waals surface area contributed by atoms with Crippen LogP contribution in [-0.2, 0) is 0 Å². The topological polar surface area (TPSA) is 39.3 Å². The van der Waals surface area contributed by atoms with Crippen molar-refractivity contribution >= 4 is 10.9 Å². The monoisotopic (exact) mass is 294 g/mol. The van der Waals surface area contributed by atoms with Crippen LogP contribution in [0.25, 0.3) is 10.9 Å². The molecule has 0 spiro atoms. The second kappa shape index (κ2) is 6.24. The van der Waals surface area contributed by atoms with Crippen molar-refractivity contribution in [2.24, 2.45) is 0 Å². The Morgan fingerprint density at radius 1 is 1.05 bits per heavy atom. The molecule has 3 rings (SSSR count). The summed E-state index contributed by atoms with van der Waals surface area (Å²) in [6, 6.07) is 16.1. The molecule has 2 N–H and O–H groups in total. The fourth-order valence-electron chi connectivity index (χ4n) is 3.19. The zero-order valence-electron chi connectivity index (χ0n) is 13.1. The van der Waals surface area contributed by atoms with E-state index in [0.29, 0.717) is 5.75 Å². The molecule has 0 aliphatic carbocycles. The minimum absolute atomic E-state index is 0.137. The van der Waals surface area contributed by atoms with E-state index in [9.17, 15) is 5.11 Å². The molecule has 2 aromatic carbocycles. The summed E-state index contributed by atoms with van der Waals surface area (Å²) in [5.74, 6) is 0.314. The van der Waals surface area contributed by atoms with Gasteiger partial charge in [-0.05, 0) is 42.4 Å². The molecular formula is C19H22N2O. The minimum atomic E-state index is 0.137. The summed E-state index contributed by atoms with van der Waals surface area (Å²) >= 11 is 0. The maximum atomic E-state index is 9.87. The molecule has 22 heavy (non-hydrogen) atoms. The highest BCUT2D eigenvalue weighted by molar-refractivity contribution is 5.84. The average Bonchev–Trinajstić information content (AvgIpc) is 2.96. The maximum Gasteiger partial charge on any atom is 0.115 e. The molecule has 3 heteroatoms. The fourth-order valence-corrected chi connectivity index (χ4v) is 3.19. The van der Waals surface area contributed by atoms with Crippen LogP contribution in [0.3, 0.4) is 0 Å². The summed E-state index contributed by atoms with van der Waals surface area (Å²) in [6.45, 7) is 6.26. The van der Waals surface area contributed by atoms with E-state index >= 15 is 0 Å². The molecule has 1 unspecified atom stereocenters. The van der Waals surface area contributed by atoms with E-state index < -0.39 is 0 Å². The summed E-state index contributed by atoms with van der Waals surface area (Å²) < 4.78 is 0. The Morgan fingerprint density at radius 3 is 2.55 bits per heavy atom. The number of benzene rings is 2. The van der Waals surface area contributed by atoms with Gasteiger partial charge in [-0.15, -0.1) is 0 Å². The molecule has 0 radical (unpaired) electrons. The molecule has 3 aromatic rings. The highest BCUT2D eigenvalue weighted by Crippen LogP contribution is 2.34. The summed E-state index contributed by atoms with van der Waals surface area (Å²) in [4.78, 5) is 5.77. The third kappa shape index (κ3) is 2.60. The van der Waals surface area contributed by atoms with Crippen molar-refractivity contribution in [1.82, 2.24) is 9.88 Å². The summed E-state index contributed by atoms with van der Waals surface area (Å²) in [7, 11) is 0. The molecule has 1 aromatic heterocycles. The quantitative estimate of drug-likeness (QED) is 0.736. The largest absolute Gasteiger partial charge is 0.508 e. The van der Waals surface area contributed by atoms with Crippen LogP contribution >= 0.6 is 0 Å². The predicted molar refractivity (Wildman–Crippen MR) is 91.2 cm³/mol. The number of phenolic OH excluding ortho intramolecular Hbond substituents is 1. The molecule has 0 aliphatic rings. The minimum Gasteiger partial charge on any atom is -0.508 e. The van der Waals surface area contributed by atoms with E-state index in [1.807, 2.05) is 18.2 Å². The molecule has 0 saturated heterocycles. The van der Waals surface area contributed by atoms with Crippen LogP contribution in [0.15, 0.2) is 54.7 Å². The lowest BCUT2D eigenvalue weighted by atomic mass is 9.96. The van der Waals surface area contributed by atoms with E-state index in [2.05, 4.69) is 54.2 Å². The highest BCUT2D eigenvalue weighted by atomic mass is 16.3. The second-order valence-corrected chi connectivity index (χ2v) is 5.51. The van der Waals surface area contributed by atoms with Gasteiger partial charge in [0.15, 0.2) is 0 Å². The molecule has 1 heterocycles. The van der Waals surface area contributed by atoms with E-state index in [-0.39, 0.29) is 6.04 Å². The van der Waals surface area contributed by atoms with Crippen molar-refractivity contribution in [3.05, 3.63) is 65.9 Å². The molecule has 1 atom stereocenters. The van der Waals surface area contributed by atoms with Crippen LogP contribution in [-0.4, -0.2) is 28.1 Å². The Hall–Kier alpha value is -2.26. The Labute approximate surface area is 131 Å². The number of hydrogen-bond acceptors (Lipinski definition) is 2. The van der Waals surface area contributed by atoms with Gasteiger partial charge in [-0.1, -0.05) is 44.2 Å². The zero-order chi connectivity index (χ0) is 15.5. The van der Waals surface area contributed by atoms with Crippen LogP contribution in [0.5, 0.6) is 5.75 Å². The summed E-state index contributed by atoms with van der Waals surface area (Å²) in [5, 5.41) is 11.1. The smallest absolute Gasteiger partial charge is 0.115 e. The molecule has 114 valence electrons. The van der Waals surface area contributed by atoms with Gasteiger partial charge in [0, 0.05) is 17.1 Å². The number of nitrogens with zero attached hydrogens (tertiary/aromatic N) is 1. The van der Waals surface area contributed by atoms with E-state index in [0.717, 1.165) is 24.2 Å². The van der Waals surface area contributed by atoms with Gasteiger partial charge in [-0.25, -0.2) is 0 Å². The van der Waals surface area contributed by atoms with Crippen molar-refractivity contribution in [2.75, 3.05) is 13.1 Å². The number of fused-ring (bicyclic) bond motifs is 1. The normalized spacial score (nSPS) is 12.9. The van der Waals surface area contributed by atoms with Crippen molar-refractivity contribution in [3.63, 3.8) is 0 Å². The number of rotatable bonds is 5. The number of aromatic nitrogens is 1. The van der Waals surface area contributed by atoms with Crippen LogP contribution in [0.2, 0.25) is 0 Å². The SMILES string of the molecule is CCN(CC)C(c1cccc(O)c1)c1c[nH]c2ccccc12. The first-order valence-electron chi connectivity index (χ1n) is 7.83. The van der Waals surface area contributed by atoms with Gasteiger partial charge in [0.2, 0.25) is 0 Å². The van der Waals surface area contributed by atoms with Gasteiger partial charge in [0.05, 0.1) is 6.04 Å². The summed E-state index contributed by atoms with van der Waals surface area (Å²) in [6.07, 6.45) is 2.09. The van der Waals surface area contributed by atoms with Crippen molar-refractivity contribution in [3.8, 4) is 5.75 Å². The number of nitrogens with one attached hydrogen (secondary N) is 1. The van der Waals surface area contributed by atoms with Crippen molar-refractivity contribution in [2.45, 2.75) is 19.9 Å². The first-order valence-corrected chi connectivity index (χ1v) is 7.83. The van der Waals surface area contributed by atoms with E-state index in [4.69, 9.17) is 0 Å². The molecule has 0 amide bonds. The lowest BCUT2D eigenvalue weighted by Gasteiger charge is -2.30. The van der Waals surface area contributed by atoms with Gasteiger partial charge in [0.25, 0.3) is 0 Å². The van der Waals surface area contributed by atoms with Crippen LogP contribution in [0.4, 0.5) is 0 Å². The van der Waals surface area contributed by atoms with Gasteiger partial charge in [-0.2, -0.15) is 0 Å². The maximum absolute atomic E-state index is 9.87. The third-order valence-corrected chi connectivity index (χ3v) is 4.28. The van der Waals surface area contributed by atoms with E-state index in [1.165, 1.54) is 10.9 Å². The molecule has 0 aliphatic heterocycles. The number of phenols is 1. The van der Waals surface area contributed by atoms with Gasteiger partial charge < -0.3 is 10.1 Å². The molecule has 0 fully saturated rings. The molecule has 0 saturated carbocycles. The third-order valence-electron chi connectivity index (χ3n) is 4.28. The zero-order valence-corrected chi connectivity index (χ0v) is 13.1. The fraction of sp³-hybridized carbons (Fsp3) is 0.263. The molecule has 3 nitrogen and oxygen atoms in total. The summed E-state index contributed by atoms with van der Waals surface area (Å²) in [5.41, 5.74) is 3.52. The van der Waals surface area contributed by atoms with Gasteiger partial charge in [0.1, 0.15) is 5.75 Å². The van der Waals surface area contributed by atoms with Gasteiger partial charge >= 0.3 is 0 Å². The Bertz CT molecular complexity index is 759. The molecular weight excluding hydrogens is 272 g/mol. The Kier molecular flexibility index (Phi) is 4.16. The van der Waals surface area contributed by atoms with Crippen molar-refractivity contribution in [1.29, 1.82) is 0 Å². The highest BCUT2D eigenvalue weighted by Gasteiger charge is 2.23. The Balaban J connectivity index is 2.17. The first-order chi connectivity index (χ1) is 10.7. The lowest BCUT2D eigenvalue weighted by Crippen LogP contribution is -2.29. The predicted octanol–water partition coefficient (Wildman–Crippen LogP) is 4.30. The number of H-pyrrole nitrogens is 1. The van der Waals surface area contributed by atoms with Crippen LogP contribution in [0, 0.1) is 0 Å². The standard InChI is InChI=1S/C19H22N2O/c1-3-21(4-2)19(14-8-7-9-15(22)12-14)17-13-20-18-11-6-5-10-16(17)18/h5-13,19-20,22H,3-4H2,1-2H3. The number of aromatic amines is 1. The number of aromatic hydroxyl groups is 1. The van der Waals surface area contributed by atoms with Crippen LogP contribution < -0.4 is 0 Å². The van der Waals surface area contributed by atoms with Gasteiger partial charge in [-0.3, -0.25) is 4.90 Å². The average molecular weight is 294 g/mol. The van der Waals surface area contributed by atoms with Crippen LogP contribution in [0.1, 0.15) is 31.0 Å². The lowest BCUT2D eigenvalue weighted by molar-refractivity contribution is 0.251. The first kappa shape index (κ1) is 14.7. The second-order valence-electron chi connectivity index (χ2n) is 5.51. The number of hydrogen-bond donors (Lipinski definition) is 2.